The molecule has 1 unspecified atom stereocenters. The largest absolute Gasteiger partial charge is 0.499 e. The molecular formula is C25H37NO. The minimum absolute atomic E-state index is 0.327. The molecule has 2 heteroatoms. The highest BCUT2D eigenvalue weighted by Gasteiger charge is 2.22. The molecule has 0 bridgehead atoms. The lowest BCUT2D eigenvalue weighted by molar-refractivity contribution is 0.138. The van der Waals surface area contributed by atoms with Crippen LogP contribution in [0, 0.1) is 17.2 Å². The molecule has 0 heterocycles. The van der Waals surface area contributed by atoms with Gasteiger partial charge in [-0.25, -0.2) is 0 Å². The van der Waals surface area contributed by atoms with Crippen LogP contribution in [0.5, 0.6) is 0 Å². The van der Waals surface area contributed by atoms with Crippen molar-refractivity contribution in [3.05, 3.63) is 47.7 Å². The average Bonchev–Trinajstić information content (AvgIpc) is 2.72. The van der Waals surface area contributed by atoms with Crippen LogP contribution in [0.3, 0.4) is 0 Å². The Balaban J connectivity index is 1.58. The molecule has 1 aliphatic carbocycles. The molecule has 1 aliphatic rings. The minimum atomic E-state index is 0.327. The summed E-state index contributed by atoms with van der Waals surface area (Å²) in [5, 5.41) is 8.92. The molecule has 0 spiro atoms. The van der Waals surface area contributed by atoms with E-state index >= 15 is 0 Å². The van der Waals surface area contributed by atoms with Crippen molar-refractivity contribution in [3.63, 3.8) is 0 Å². The molecular weight excluding hydrogens is 330 g/mol. The van der Waals surface area contributed by atoms with Crippen molar-refractivity contribution in [2.24, 2.45) is 5.92 Å². The van der Waals surface area contributed by atoms with Gasteiger partial charge < -0.3 is 4.74 Å². The summed E-state index contributed by atoms with van der Waals surface area (Å²) in [5.74, 6) is 1.53. The molecule has 2 nitrogen and oxygen atoms in total. The molecule has 1 atom stereocenters. The Kier molecular flexibility index (Phi) is 10.1. The molecule has 0 amide bonds. The number of unbranched alkanes of at least 4 members (excludes halogenated alkanes) is 4. The van der Waals surface area contributed by atoms with Gasteiger partial charge in [0.05, 0.1) is 24.0 Å². The van der Waals surface area contributed by atoms with Crippen molar-refractivity contribution in [1.29, 1.82) is 5.26 Å². The SMILES string of the molecule is CCCCCCC=COC(C)CCC1CCC(c2ccc(C#N)cc2)CC1. The van der Waals surface area contributed by atoms with E-state index in [4.69, 9.17) is 10.00 Å². The first-order valence-electron chi connectivity index (χ1n) is 11.0. The standard InChI is InChI=1S/C25H37NO/c1-3-4-5-6-7-8-19-27-21(2)9-10-22-11-15-24(16-12-22)25-17-13-23(20-26)14-18-25/h8,13-14,17-19,21-22,24H,3-7,9-12,15-16H2,1-2H3. The first kappa shape index (κ1) is 21.5. The predicted octanol–water partition coefficient (Wildman–Crippen LogP) is 7.50. The Morgan fingerprint density at radius 1 is 1.11 bits per heavy atom. The van der Waals surface area contributed by atoms with Crippen molar-refractivity contribution < 1.29 is 4.74 Å². The van der Waals surface area contributed by atoms with Gasteiger partial charge in [-0.05, 0) is 93.9 Å². The van der Waals surface area contributed by atoms with Gasteiger partial charge in [-0.1, -0.05) is 38.3 Å². The van der Waals surface area contributed by atoms with E-state index in [1.165, 1.54) is 63.4 Å². The van der Waals surface area contributed by atoms with Gasteiger partial charge in [-0.2, -0.15) is 5.26 Å². The second-order valence-electron chi connectivity index (χ2n) is 8.20. The van der Waals surface area contributed by atoms with Crippen molar-refractivity contribution in [2.75, 3.05) is 0 Å². The van der Waals surface area contributed by atoms with Gasteiger partial charge >= 0.3 is 0 Å². The smallest absolute Gasteiger partial charge is 0.0991 e. The van der Waals surface area contributed by atoms with Crippen molar-refractivity contribution in [1.82, 2.24) is 0 Å². The van der Waals surface area contributed by atoms with Crippen LogP contribution in [0.15, 0.2) is 36.6 Å². The van der Waals surface area contributed by atoms with E-state index in [2.05, 4.69) is 38.1 Å². The number of nitrogens with zero attached hydrogens (tertiary/aromatic N) is 1. The average molecular weight is 368 g/mol. The number of allylic oxidation sites excluding steroid dienone is 1. The molecule has 1 saturated carbocycles. The summed E-state index contributed by atoms with van der Waals surface area (Å²) in [6.07, 6.45) is 18.5. The highest BCUT2D eigenvalue weighted by molar-refractivity contribution is 5.33. The van der Waals surface area contributed by atoms with E-state index < -0.39 is 0 Å². The molecule has 0 aliphatic heterocycles. The molecule has 1 aromatic rings. The third-order valence-corrected chi connectivity index (χ3v) is 5.97. The first-order valence-corrected chi connectivity index (χ1v) is 11.0. The summed E-state index contributed by atoms with van der Waals surface area (Å²) >= 11 is 0. The van der Waals surface area contributed by atoms with E-state index in [9.17, 15) is 0 Å². The van der Waals surface area contributed by atoms with Crippen molar-refractivity contribution in [2.45, 2.75) is 96.5 Å². The molecule has 1 fully saturated rings. The summed E-state index contributed by atoms with van der Waals surface area (Å²) in [5.41, 5.74) is 2.17. The van der Waals surface area contributed by atoms with Crippen LogP contribution in [0.2, 0.25) is 0 Å². The number of rotatable bonds is 11. The zero-order chi connectivity index (χ0) is 19.3. The van der Waals surface area contributed by atoms with E-state index in [0.717, 1.165) is 24.3 Å². The lowest BCUT2D eigenvalue weighted by Crippen LogP contribution is -2.15. The maximum atomic E-state index is 8.92. The molecule has 0 aromatic heterocycles. The summed E-state index contributed by atoms with van der Waals surface area (Å²) in [4.78, 5) is 0. The Morgan fingerprint density at radius 2 is 1.85 bits per heavy atom. The van der Waals surface area contributed by atoms with E-state index in [1.54, 1.807) is 0 Å². The number of ether oxygens (including phenoxy) is 1. The molecule has 148 valence electrons. The fraction of sp³-hybridized carbons (Fsp3) is 0.640. The third-order valence-electron chi connectivity index (χ3n) is 5.97. The first-order chi connectivity index (χ1) is 13.2. The second-order valence-corrected chi connectivity index (χ2v) is 8.20. The Morgan fingerprint density at radius 3 is 2.52 bits per heavy atom. The van der Waals surface area contributed by atoms with Gasteiger partial charge in [0.1, 0.15) is 0 Å². The lowest BCUT2D eigenvalue weighted by Gasteiger charge is -2.29. The van der Waals surface area contributed by atoms with Gasteiger partial charge in [0.15, 0.2) is 0 Å². The van der Waals surface area contributed by atoms with Crippen LogP contribution < -0.4 is 0 Å². The summed E-state index contributed by atoms with van der Waals surface area (Å²) in [6, 6.07) is 10.4. The molecule has 0 N–H and O–H groups in total. The Labute approximate surface area is 166 Å². The topological polar surface area (TPSA) is 33.0 Å². The van der Waals surface area contributed by atoms with Gasteiger partial charge in [-0.3, -0.25) is 0 Å². The van der Waals surface area contributed by atoms with Crippen LogP contribution >= 0.6 is 0 Å². The fourth-order valence-electron chi connectivity index (χ4n) is 4.10. The van der Waals surface area contributed by atoms with Gasteiger partial charge in [0, 0.05) is 0 Å². The normalized spacial score (nSPS) is 21.1. The molecule has 1 aromatic carbocycles. The van der Waals surface area contributed by atoms with Crippen molar-refractivity contribution in [3.8, 4) is 6.07 Å². The van der Waals surface area contributed by atoms with Gasteiger partial charge in [0.2, 0.25) is 0 Å². The number of hydrogen-bond donors (Lipinski definition) is 0. The Bertz CT molecular complexity index is 575. The van der Waals surface area contributed by atoms with Gasteiger partial charge in [0.25, 0.3) is 0 Å². The maximum Gasteiger partial charge on any atom is 0.0991 e. The Hall–Kier alpha value is -1.75. The van der Waals surface area contributed by atoms with Crippen LogP contribution in [-0.2, 0) is 4.74 Å². The van der Waals surface area contributed by atoms with E-state index in [-0.39, 0.29) is 0 Å². The van der Waals surface area contributed by atoms with E-state index in [0.29, 0.717) is 12.0 Å². The lowest BCUT2D eigenvalue weighted by atomic mass is 9.77. The fourth-order valence-corrected chi connectivity index (χ4v) is 4.10. The third kappa shape index (κ3) is 8.21. The second kappa shape index (κ2) is 12.6. The van der Waals surface area contributed by atoms with Crippen LogP contribution in [-0.4, -0.2) is 6.10 Å². The van der Waals surface area contributed by atoms with Crippen molar-refractivity contribution >= 4 is 0 Å². The molecule has 0 saturated heterocycles. The quantitative estimate of drug-likeness (QED) is 0.299. The van der Waals surface area contributed by atoms with Crippen LogP contribution in [0.1, 0.15) is 102 Å². The summed E-state index contributed by atoms with van der Waals surface area (Å²) < 4.78 is 5.84. The number of benzene rings is 1. The zero-order valence-electron chi connectivity index (χ0n) is 17.3. The number of nitriles is 1. The van der Waals surface area contributed by atoms with Gasteiger partial charge in [-0.15, -0.1) is 0 Å². The zero-order valence-corrected chi connectivity index (χ0v) is 17.3. The predicted molar refractivity (Wildman–Crippen MR) is 114 cm³/mol. The van der Waals surface area contributed by atoms with Crippen LogP contribution in [0.4, 0.5) is 0 Å². The monoisotopic (exact) mass is 367 g/mol. The van der Waals surface area contributed by atoms with Crippen LogP contribution in [0.25, 0.3) is 0 Å². The highest BCUT2D eigenvalue weighted by atomic mass is 16.5. The molecule has 2 rings (SSSR count). The van der Waals surface area contributed by atoms with E-state index in [1.807, 2.05) is 18.4 Å². The summed E-state index contributed by atoms with van der Waals surface area (Å²) in [7, 11) is 0. The molecule has 27 heavy (non-hydrogen) atoms. The number of hydrogen-bond acceptors (Lipinski definition) is 2. The minimum Gasteiger partial charge on any atom is -0.499 e. The molecule has 0 radical (unpaired) electrons. The summed E-state index contributed by atoms with van der Waals surface area (Å²) in [6.45, 7) is 4.45. The highest BCUT2D eigenvalue weighted by Crippen LogP contribution is 2.37. The maximum absolute atomic E-state index is 8.92.